The van der Waals surface area contributed by atoms with Gasteiger partial charge >= 0.3 is 0 Å². The Kier molecular flexibility index (Phi) is 6.17. The van der Waals surface area contributed by atoms with Gasteiger partial charge in [0.25, 0.3) is 5.91 Å². The fraction of sp³-hybridized carbons (Fsp3) is 0.0645. The topological polar surface area (TPSA) is 34.0 Å². The summed E-state index contributed by atoms with van der Waals surface area (Å²) in [5, 5.41) is 4.72. The minimum atomic E-state index is -1.50. The molecule has 0 spiro atoms. The van der Waals surface area contributed by atoms with Gasteiger partial charge in [0.15, 0.2) is 17.5 Å². The lowest BCUT2D eigenvalue weighted by atomic mass is 10.0. The van der Waals surface area contributed by atoms with E-state index in [1.54, 1.807) is 30.4 Å². The third-order valence-electron chi connectivity index (χ3n) is 6.28. The van der Waals surface area contributed by atoms with Gasteiger partial charge in [0.1, 0.15) is 0 Å². The van der Waals surface area contributed by atoms with Gasteiger partial charge in [-0.05, 0) is 67.9 Å². The molecule has 0 bridgehead atoms. The van der Waals surface area contributed by atoms with E-state index in [9.17, 15) is 18.0 Å². The van der Waals surface area contributed by atoms with Crippen molar-refractivity contribution in [2.45, 2.75) is 13.8 Å². The van der Waals surface area contributed by atoms with Crippen LogP contribution in [-0.2, 0) is 4.79 Å². The predicted octanol–water partition coefficient (Wildman–Crippen LogP) is 8.25. The van der Waals surface area contributed by atoms with Crippen molar-refractivity contribution in [1.82, 2.24) is 4.57 Å². The van der Waals surface area contributed by atoms with E-state index in [-0.39, 0.29) is 11.5 Å². The lowest BCUT2D eigenvalue weighted by molar-refractivity contribution is -0.112. The molecule has 6 heteroatoms. The molecule has 37 heavy (non-hydrogen) atoms. The van der Waals surface area contributed by atoms with E-state index in [0.29, 0.717) is 22.5 Å². The first-order valence-electron chi connectivity index (χ1n) is 11.7. The van der Waals surface area contributed by atoms with Crippen LogP contribution in [0.3, 0.4) is 0 Å². The van der Waals surface area contributed by atoms with E-state index in [2.05, 4.69) is 18.0 Å². The van der Waals surface area contributed by atoms with Crippen molar-refractivity contribution in [2.75, 3.05) is 5.32 Å². The van der Waals surface area contributed by atoms with E-state index >= 15 is 0 Å². The van der Waals surface area contributed by atoms with Crippen LogP contribution in [0.15, 0.2) is 97.1 Å². The summed E-state index contributed by atoms with van der Waals surface area (Å²) >= 11 is 0. The molecule has 4 aromatic carbocycles. The first kappa shape index (κ1) is 24.1. The molecule has 0 unspecified atom stereocenters. The minimum Gasteiger partial charge on any atom is -0.322 e. The minimum absolute atomic E-state index is 0.223. The second-order valence-corrected chi connectivity index (χ2v) is 8.84. The summed E-state index contributed by atoms with van der Waals surface area (Å²) in [6.45, 7) is 7.59. The van der Waals surface area contributed by atoms with Gasteiger partial charge in [-0.2, -0.15) is 0 Å². The fourth-order valence-electron chi connectivity index (χ4n) is 4.59. The Balaban J connectivity index is 1.74. The molecular weight excluding hydrogens is 473 g/mol. The number of fused-ring (bicyclic) bond motifs is 3. The maximum atomic E-state index is 14.1. The van der Waals surface area contributed by atoms with Crippen molar-refractivity contribution < 1.29 is 18.0 Å². The molecule has 1 aromatic heterocycles. The Morgan fingerprint density at radius 3 is 2.24 bits per heavy atom. The standard InChI is InChI=1S/C31H23F3N2O/c1-4-7-19(3)31(37)35-21-11-13-29-24(17-21)23-14-18(2)10-12-28(23)36(29)27-9-6-5-8-22(27)20-15-25(32)30(34)26(33)16-20/h4-17H,3H2,1-2H3,(H,35,37)/b7-4-. The molecule has 5 aromatic rings. The van der Waals surface area contributed by atoms with Crippen LogP contribution in [0.5, 0.6) is 0 Å². The van der Waals surface area contributed by atoms with E-state index in [1.165, 1.54) is 0 Å². The SMILES string of the molecule is C=C(/C=C\C)C(=O)Nc1ccc2c(c1)c1cc(C)ccc1n2-c1ccccc1-c1cc(F)c(F)c(F)c1. The van der Waals surface area contributed by atoms with Crippen LogP contribution >= 0.6 is 0 Å². The van der Waals surface area contributed by atoms with Crippen LogP contribution in [0.1, 0.15) is 12.5 Å². The summed E-state index contributed by atoms with van der Waals surface area (Å²) in [5.41, 5.74) is 5.15. The fourth-order valence-corrected chi connectivity index (χ4v) is 4.59. The van der Waals surface area contributed by atoms with E-state index in [0.717, 1.165) is 39.5 Å². The average Bonchev–Trinajstić information content (AvgIpc) is 3.19. The first-order valence-corrected chi connectivity index (χ1v) is 11.7. The maximum Gasteiger partial charge on any atom is 0.255 e. The van der Waals surface area contributed by atoms with Crippen LogP contribution in [0.2, 0.25) is 0 Å². The van der Waals surface area contributed by atoms with Gasteiger partial charge in [0.05, 0.1) is 16.7 Å². The lowest BCUT2D eigenvalue weighted by Gasteiger charge is -2.14. The molecule has 0 radical (unpaired) electrons. The van der Waals surface area contributed by atoms with Gasteiger partial charge < -0.3 is 9.88 Å². The second-order valence-electron chi connectivity index (χ2n) is 8.84. The Hall–Kier alpha value is -4.58. The number of aromatic nitrogens is 1. The number of carbonyl (C=O) groups is 1. The zero-order valence-corrected chi connectivity index (χ0v) is 20.3. The number of aryl methyl sites for hydroxylation is 1. The largest absolute Gasteiger partial charge is 0.322 e. The highest BCUT2D eigenvalue weighted by molar-refractivity contribution is 6.12. The van der Waals surface area contributed by atoms with Crippen molar-refractivity contribution in [1.29, 1.82) is 0 Å². The number of benzene rings is 4. The van der Waals surface area contributed by atoms with Gasteiger partial charge in [-0.25, -0.2) is 13.2 Å². The number of amides is 1. The summed E-state index contributed by atoms with van der Waals surface area (Å²) in [6, 6.07) is 20.8. The third kappa shape index (κ3) is 4.31. The van der Waals surface area contributed by atoms with Crippen molar-refractivity contribution in [3.05, 3.63) is 120 Å². The number of anilines is 1. The highest BCUT2D eigenvalue weighted by Crippen LogP contribution is 2.38. The Bertz CT molecular complexity index is 1720. The molecular formula is C31H23F3N2O. The molecule has 184 valence electrons. The Morgan fingerprint density at radius 1 is 0.892 bits per heavy atom. The Morgan fingerprint density at radius 2 is 1.54 bits per heavy atom. The van der Waals surface area contributed by atoms with Crippen LogP contribution < -0.4 is 5.32 Å². The summed E-state index contributed by atoms with van der Waals surface area (Å²) in [6.07, 6.45) is 3.39. The van der Waals surface area contributed by atoms with Crippen LogP contribution in [0, 0.1) is 24.4 Å². The predicted molar refractivity (Wildman–Crippen MR) is 143 cm³/mol. The van der Waals surface area contributed by atoms with Gasteiger partial charge in [0.2, 0.25) is 0 Å². The molecule has 0 aliphatic rings. The molecule has 0 saturated carbocycles. The number of para-hydroxylation sites is 1. The molecule has 5 rings (SSSR count). The number of hydrogen-bond acceptors (Lipinski definition) is 1. The maximum absolute atomic E-state index is 14.1. The first-order chi connectivity index (χ1) is 17.8. The number of carbonyl (C=O) groups excluding carboxylic acids is 1. The molecule has 1 heterocycles. The van der Waals surface area contributed by atoms with Gasteiger partial charge in [-0.15, -0.1) is 0 Å². The summed E-state index contributed by atoms with van der Waals surface area (Å²) in [7, 11) is 0. The highest BCUT2D eigenvalue weighted by atomic mass is 19.2. The van der Waals surface area contributed by atoms with Crippen molar-refractivity contribution >= 4 is 33.4 Å². The van der Waals surface area contributed by atoms with Crippen LogP contribution in [-0.4, -0.2) is 10.5 Å². The van der Waals surface area contributed by atoms with E-state index < -0.39 is 17.5 Å². The smallest absolute Gasteiger partial charge is 0.255 e. The summed E-state index contributed by atoms with van der Waals surface area (Å²) in [4.78, 5) is 12.5. The number of nitrogens with one attached hydrogen (secondary N) is 1. The van der Waals surface area contributed by atoms with Gasteiger partial charge in [-0.1, -0.05) is 48.6 Å². The molecule has 0 fully saturated rings. The number of allylic oxidation sites excluding steroid dienone is 1. The molecule has 0 atom stereocenters. The average molecular weight is 497 g/mol. The molecule has 0 aliphatic heterocycles. The highest BCUT2D eigenvalue weighted by Gasteiger charge is 2.19. The van der Waals surface area contributed by atoms with Crippen molar-refractivity contribution in [2.24, 2.45) is 0 Å². The van der Waals surface area contributed by atoms with E-state index in [1.807, 2.05) is 54.8 Å². The number of rotatable bonds is 5. The molecule has 1 N–H and O–H groups in total. The normalized spacial score (nSPS) is 11.5. The molecule has 1 amide bonds. The van der Waals surface area contributed by atoms with Crippen LogP contribution in [0.25, 0.3) is 38.6 Å². The monoisotopic (exact) mass is 496 g/mol. The quantitative estimate of drug-likeness (QED) is 0.148. The Labute approximate surface area is 212 Å². The summed E-state index contributed by atoms with van der Waals surface area (Å²) in [5.74, 6) is -4.30. The number of hydrogen-bond donors (Lipinski definition) is 1. The number of nitrogens with zero attached hydrogens (tertiary/aromatic N) is 1. The second kappa shape index (κ2) is 9.47. The molecule has 0 saturated heterocycles. The van der Waals surface area contributed by atoms with Gasteiger partial charge in [-0.3, -0.25) is 4.79 Å². The molecule has 0 aliphatic carbocycles. The third-order valence-corrected chi connectivity index (χ3v) is 6.28. The van der Waals surface area contributed by atoms with Crippen molar-refractivity contribution in [3.63, 3.8) is 0 Å². The lowest BCUT2D eigenvalue weighted by Crippen LogP contribution is -2.12. The zero-order valence-electron chi connectivity index (χ0n) is 20.3. The summed E-state index contributed by atoms with van der Waals surface area (Å²) < 4.78 is 44.0. The van der Waals surface area contributed by atoms with Crippen LogP contribution in [0.4, 0.5) is 18.9 Å². The number of halogens is 3. The van der Waals surface area contributed by atoms with Crippen molar-refractivity contribution in [3.8, 4) is 16.8 Å². The zero-order chi connectivity index (χ0) is 26.3. The van der Waals surface area contributed by atoms with Gasteiger partial charge in [0, 0.05) is 27.6 Å². The molecule has 3 nitrogen and oxygen atoms in total. The van der Waals surface area contributed by atoms with E-state index in [4.69, 9.17) is 0 Å².